The molecule has 0 bridgehead atoms. The van der Waals surface area contributed by atoms with Crippen LogP contribution in [0.2, 0.25) is 0 Å². The van der Waals surface area contributed by atoms with Gasteiger partial charge >= 0.3 is 0 Å². The van der Waals surface area contributed by atoms with Crippen LogP contribution in [0.3, 0.4) is 0 Å². The van der Waals surface area contributed by atoms with Crippen molar-refractivity contribution in [2.45, 2.75) is 0 Å². The molecule has 4 aromatic heterocycles. The number of nitrogens with zero attached hydrogens (tertiary/aromatic N) is 2. The molecule has 5 heteroatoms. The van der Waals surface area contributed by atoms with E-state index in [0.717, 1.165) is 66.4 Å². The Kier molecular flexibility index (Phi) is 4.76. The van der Waals surface area contributed by atoms with E-state index in [-0.39, 0.29) is 0 Å². The average Bonchev–Trinajstić information content (AvgIpc) is 3.55. The standard InChI is InChI=1S/C34H20N2O3/c1-3-11-29-23(7-1)25-19-21(15-17-31(25)37-29)27-9-5-13-33(35-27)39-34-14-6-10-28(36-34)22-16-18-32-26(20-22)24-8-2-4-12-30(24)38-32/h1-20H. The third-order valence-corrected chi connectivity index (χ3v) is 7.00. The summed E-state index contributed by atoms with van der Waals surface area (Å²) in [6.07, 6.45) is 0. The van der Waals surface area contributed by atoms with E-state index in [1.807, 2.05) is 97.1 Å². The summed E-state index contributed by atoms with van der Waals surface area (Å²) in [5.41, 5.74) is 7.07. The fraction of sp³-hybridized carbons (Fsp3) is 0. The minimum absolute atomic E-state index is 0.477. The zero-order valence-corrected chi connectivity index (χ0v) is 20.7. The molecule has 5 nitrogen and oxygen atoms in total. The number of ether oxygens (including phenoxy) is 1. The summed E-state index contributed by atoms with van der Waals surface area (Å²) in [6, 6.07) is 39.9. The van der Waals surface area contributed by atoms with Crippen molar-refractivity contribution in [1.29, 1.82) is 0 Å². The van der Waals surface area contributed by atoms with Crippen LogP contribution in [0.15, 0.2) is 130 Å². The molecule has 0 saturated heterocycles. The number of pyridine rings is 2. The molecule has 0 amide bonds. The lowest BCUT2D eigenvalue weighted by atomic mass is 10.1. The van der Waals surface area contributed by atoms with E-state index in [2.05, 4.69) is 24.3 Å². The second-order valence-electron chi connectivity index (χ2n) is 9.44. The van der Waals surface area contributed by atoms with Gasteiger partial charge < -0.3 is 13.6 Å². The number of furan rings is 2. The van der Waals surface area contributed by atoms with Crippen molar-refractivity contribution < 1.29 is 13.6 Å². The first-order valence-electron chi connectivity index (χ1n) is 12.7. The second-order valence-corrected chi connectivity index (χ2v) is 9.44. The largest absolute Gasteiger partial charge is 0.456 e. The molecule has 0 aliphatic heterocycles. The summed E-state index contributed by atoms with van der Waals surface area (Å²) in [5, 5.41) is 4.30. The topological polar surface area (TPSA) is 61.3 Å². The molecular formula is C34H20N2O3. The zero-order valence-electron chi connectivity index (χ0n) is 20.7. The average molecular weight is 505 g/mol. The van der Waals surface area contributed by atoms with Gasteiger partial charge in [0.2, 0.25) is 11.8 Å². The van der Waals surface area contributed by atoms with E-state index < -0.39 is 0 Å². The van der Waals surface area contributed by atoms with E-state index in [4.69, 9.17) is 23.5 Å². The van der Waals surface area contributed by atoms with Gasteiger partial charge in [-0.25, -0.2) is 9.97 Å². The van der Waals surface area contributed by atoms with Gasteiger partial charge in [-0.05, 0) is 60.7 Å². The SMILES string of the molecule is c1cc(Oc2cccc(-c3ccc4oc5ccccc5c4c3)n2)nc(-c2ccc3oc4ccccc4c3c2)c1. The maximum absolute atomic E-state index is 6.13. The number of rotatable bonds is 4. The molecule has 0 N–H and O–H groups in total. The third-order valence-electron chi connectivity index (χ3n) is 7.00. The molecule has 0 aliphatic carbocycles. The van der Waals surface area contributed by atoms with Crippen molar-refractivity contribution in [3.8, 4) is 34.3 Å². The van der Waals surface area contributed by atoms with Crippen molar-refractivity contribution in [2.75, 3.05) is 0 Å². The van der Waals surface area contributed by atoms with Gasteiger partial charge in [-0.1, -0.05) is 48.5 Å². The summed E-state index contributed by atoms with van der Waals surface area (Å²) in [6.45, 7) is 0. The van der Waals surface area contributed by atoms with Crippen molar-refractivity contribution in [2.24, 2.45) is 0 Å². The van der Waals surface area contributed by atoms with Crippen LogP contribution in [0.25, 0.3) is 66.4 Å². The first kappa shape index (κ1) is 21.6. The molecule has 39 heavy (non-hydrogen) atoms. The number of fused-ring (bicyclic) bond motifs is 6. The molecule has 4 heterocycles. The van der Waals surface area contributed by atoms with Crippen LogP contribution in [-0.2, 0) is 0 Å². The molecule has 0 radical (unpaired) electrons. The monoisotopic (exact) mass is 504 g/mol. The highest BCUT2D eigenvalue weighted by Gasteiger charge is 2.12. The Morgan fingerprint density at radius 1 is 0.410 bits per heavy atom. The lowest BCUT2D eigenvalue weighted by molar-refractivity contribution is 0.446. The van der Waals surface area contributed by atoms with Crippen molar-refractivity contribution in [3.05, 3.63) is 121 Å². The summed E-state index contributed by atoms with van der Waals surface area (Å²) in [5.74, 6) is 0.955. The van der Waals surface area contributed by atoms with Crippen LogP contribution < -0.4 is 4.74 Å². The fourth-order valence-corrected chi connectivity index (χ4v) is 5.14. The molecule has 0 spiro atoms. The van der Waals surface area contributed by atoms with Gasteiger partial charge in [-0.15, -0.1) is 0 Å². The lowest BCUT2D eigenvalue weighted by Crippen LogP contribution is -1.93. The van der Waals surface area contributed by atoms with Crippen molar-refractivity contribution >= 4 is 43.9 Å². The van der Waals surface area contributed by atoms with Crippen LogP contribution in [0.1, 0.15) is 0 Å². The maximum Gasteiger partial charge on any atom is 0.221 e. The molecule has 0 atom stereocenters. The van der Waals surface area contributed by atoms with Crippen LogP contribution in [-0.4, -0.2) is 9.97 Å². The number of para-hydroxylation sites is 2. The normalized spacial score (nSPS) is 11.6. The highest BCUT2D eigenvalue weighted by molar-refractivity contribution is 6.07. The van der Waals surface area contributed by atoms with Gasteiger partial charge in [0.15, 0.2) is 0 Å². The number of hydrogen-bond acceptors (Lipinski definition) is 5. The first-order chi connectivity index (χ1) is 19.3. The second kappa shape index (κ2) is 8.57. The van der Waals surface area contributed by atoms with E-state index in [1.165, 1.54) is 0 Å². The summed E-state index contributed by atoms with van der Waals surface area (Å²) in [7, 11) is 0. The van der Waals surface area contributed by atoms with Gasteiger partial charge in [-0.3, -0.25) is 0 Å². The van der Waals surface area contributed by atoms with Crippen LogP contribution in [0.5, 0.6) is 11.8 Å². The van der Waals surface area contributed by atoms with Crippen LogP contribution in [0.4, 0.5) is 0 Å². The first-order valence-corrected chi connectivity index (χ1v) is 12.7. The quantitative estimate of drug-likeness (QED) is 0.239. The van der Waals surface area contributed by atoms with E-state index >= 15 is 0 Å². The summed E-state index contributed by atoms with van der Waals surface area (Å²) < 4.78 is 18.1. The van der Waals surface area contributed by atoms with Crippen molar-refractivity contribution in [3.63, 3.8) is 0 Å². The van der Waals surface area contributed by atoms with E-state index in [9.17, 15) is 0 Å². The molecule has 8 aromatic rings. The van der Waals surface area contributed by atoms with Gasteiger partial charge in [-0.2, -0.15) is 0 Å². The predicted molar refractivity (Wildman–Crippen MR) is 154 cm³/mol. The Morgan fingerprint density at radius 3 is 1.38 bits per heavy atom. The fourth-order valence-electron chi connectivity index (χ4n) is 5.14. The maximum atomic E-state index is 6.13. The van der Waals surface area contributed by atoms with E-state index in [1.54, 1.807) is 0 Å². The smallest absolute Gasteiger partial charge is 0.221 e. The third kappa shape index (κ3) is 3.71. The minimum atomic E-state index is 0.477. The van der Waals surface area contributed by atoms with Crippen LogP contribution in [0, 0.1) is 0 Å². The molecule has 0 saturated carbocycles. The zero-order chi connectivity index (χ0) is 25.8. The highest BCUT2D eigenvalue weighted by atomic mass is 16.5. The van der Waals surface area contributed by atoms with Gasteiger partial charge in [0.1, 0.15) is 22.3 Å². The molecule has 0 fully saturated rings. The predicted octanol–water partition coefficient (Wildman–Crippen LogP) is 9.40. The number of hydrogen-bond donors (Lipinski definition) is 0. The van der Waals surface area contributed by atoms with Crippen molar-refractivity contribution in [1.82, 2.24) is 9.97 Å². The Balaban J connectivity index is 1.12. The highest BCUT2D eigenvalue weighted by Crippen LogP contribution is 2.34. The molecule has 0 unspecified atom stereocenters. The number of benzene rings is 4. The van der Waals surface area contributed by atoms with E-state index in [0.29, 0.717) is 11.8 Å². The van der Waals surface area contributed by atoms with Gasteiger partial charge in [0.05, 0.1) is 11.4 Å². The Morgan fingerprint density at radius 2 is 0.872 bits per heavy atom. The molecule has 4 aromatic carbocycles. The van der Waals surface area contributed by atoms with Gasteiger partial charge in [0.25, 0.3) is 0 Å². The van der Waals surface area contributed by atoms with Crippen LogP contribution >= 0.6 is 0 Å². The summed E-state index contributed by atoms with van der Waals surface area (Å²) in [4.78, 5) is 9.55. The van der Waals surface area contributed by atoms with Gasteiger partial charge in [0, 0.05) is 44.8 Å². The number of aromatic nitrogens is 2. The Labute approximate surface area is 222 Å². The summed E-state index contributed by atoms with van der Waals surface area (Å²) >= 11 is 0. The lowest BCUT2D eigenvalue weighted by Gasteiger charge is -2.08. The molecule has 184 valence electrons. The Hall–Kier alpha value is -5.42. The minimum Gasteiger partial charge on any atom is -0.456 e. The Bertz CT molecular complexity index is 2020. The molecular weight excluding hydrogens is 484 g/mol. The molecule has 0 aliphatic rings. The molecule has 8 rings (SSSR count).